The van der Waals surface area contributed by atoms with Gasteiger partial charge in [-0.15, -0.1) is 0 Å². The molecule has 4 heteroatoms. The van der Waals surface area contributed by atoms with Crippen molar-refractivity contribution in [3.05, 3.63) is 48.2 Å². The zero-order valence-electron chi connectivity index (χ0n) is 10.5. The average Bonchev–Trinajstić information content (AvgIpc) is 2.61. The molecule has 1 aliphatic rings. The summed E-state index contributed by atoms with van der Waals surface area (Å²) in [5.41, 5.74) is 0.343. The van der Waals surface area contributed by atoms with Gasteiger partial charge in [-0.2, -0.15) is 0 Å². The molecular weight excluding hydrogens is 233 g/mol. The first-order chi connectivity index (χ1) is 8.65. The molecule has 1 atom stereocenters. The lowest BCUT2D eigenvalue weighted by atomic mass is 10.3. The lowest BCUT2D eigenvalue weighted by Crippen LogP contribution is -2.04. The summed E-state index contributed by atoms with van der Waals surface area (Å²) in [6, 6.07) is 0. The van der Waals surface area contributed by atoms with Gasteiger partial charge in [-0.3, -0.25) is 9.79 Å². The molecule has 18 heavy (non-hydrogen) atoms. The Morgan fingerprint density at radius 1 is 1.50 bits per heavy atom. The zero-order chi connectivity index (χ0) is 13.4. The summed E-state index contributed by atoms with van der Waals surface area (Å²) in [4.78, 5) is 14.4. The molecule has 1 rings (SSSR count). The number of aldehydes is 1. The van der Waals surface area contributed by atoms with E-state index in [0.29, 0.717) is 24.2 Å². The lowest BCUT2D eigenvalue weighted by molar-refractivity contribution is -0.102. The van der Waals surface area contributed by atoms with Crippen LogP contribution in [0.4, 0.5) is 4.39 Å². The van der Waals surface area contributed by atoms with Crippen LogP contribution in [-0.4, -0.2) is 18.1 Å². The van der Waals surface area contributed by atoms with E-state index in [1.165, 1.54) is 12.3 Å². The average molecular weight is 249 g/mol. The van der Waals surface area contributed by atoms with Crippen LogP contribution in [0.15, 0.2) is 53.2 Å². The summed E-state index contributed by atoms with van der Waals surface area (Å²) >= 11 is 0. The maximum absolute atomic E-state index is 12.9. The van der Waals surface area contributed by atoms with Gasteiger partial charge in [0.25, 0.3) is 0 Å². The minimum Gasteiger partial charge on any atom is -0.487 e. The Bertz CT molecular complexity index is 445. The van der Waals surface area contributed by atoms with E-state index in [1.54, 1.807) is 38.2 Å². The first kappa shape index (κ1) is 14.1. The molecule has 0 amide bonds. The van der Waals surface area contributed by atoms with Gasteiger partial charge in [-0.25, -0.2) is 4.39 Å². The number of nitrogens with zero attached hydrogens (tertiary/aromatic N) is 1. The number of hydrogen-bond acceptors (Lipinski definition) is 3. The van der Waals surface area contributed by atoms with E-state index in [4.69, 9.17) is 4.74 Å². The first-order valence-electron chi connectivity index (χ1n) is 5.73. The topological polar surface area (TPSA) is 38.7 Å². The standard InChI is InChI=1S/C14H16FNO2/c1-3-12(15)5-4-11(2)18-14-7-6-13(10-17)16-9-8-14/h4-10,14H,3H2,1-2H3/b11-4+,12-5+. The first-order valence-corrected chi connectivity index (χ1v) is 5.73. The van der Waals surface area contributed by atoms with Crippen molar-refractivity contribution >= 4 is 12.0 Å². The Morgan fingerprint density at radius 2 is 2.28 bits per heavy atom. The number of carbonyl (C=O) groups excluding carboxylic acids is 1. The number of ether oxygens (including phenoxy) is 1. The van der Waals surface area contributed by atoms with Gasteiger partial charge in [0, 0.05) is 6.20 Å². The van der Waals surface area contributed by atoms with E-state index in [0.717, 1.165) is 0 Å². The van der Waals surface area contributed by atoms with Crippen LogP contribution in [0.1, 0.15) is 20.3 Å². The zero-order valence-corrected chi connectivity index (χ0v) is 10.5. The maximum atomic E-state index is 12.9. The molecule has 0 saturated carbocycles. The summed E-state index contributed by atoms with van der Waals surface area (Å²) < 4.78 is 18.5. The van der Waals surface area contributed by atoms with Gasteiger partial charge in [0.1, 0.15) is 11.8 Å². The predicted molar refractivity (Wildman–Crippen MR) is 69.9 cm³/mol. The van der Waals surface area contributed by atoms with Crippen molar-refractivity contribution in [1.82, 2.24) is 0 Å². The molecule has 0 aromatic heterocycles. The molecular formula is C14H16FNO2. The predicted octanol–water partition coefficient (Wildman–Crippen LogP) is 3.26. The molecule has 1 heterocycles. The van der Waals surface area contributed by atoms with E-state index in [-0.39, 0.29) is 11.9 Å². The van der Waals surface area contributed by atoms with Crippen LogP contribution in [0, 0.1) is 0 Å². The Hall–Kier alpha value is -1.97. The van der Waals surface area contributed by atoms with Gasteiger partial charge >= 0.3 is 0 Å². The van der Waals surface area contributed by atoms with E-state index in [2.05, 4.69) is 4.99 Å². The number of aliphatic imine (C=N–C) groups is 1. The van der Waals surface area contributed by atoms with E-state index >= 15 is 0 Å². The summed E-state index contributed by atoms with van der Waals surface area (Å²) in [5, 5.41) is 0. The summed E-state index contributed by atoms with van der Waals surface area (Å²) in [5.74, 6) is 0.393. The molecule has 0 aromatic rings. The fourth-order valence-corrected chi connectivity index (χ4v) is 1.24. The third kappa shape index (κ3) is 4.91. The maximum Gasteiger partial charge on any atom is 0.168 e. The van der Waals surface area contributed by atoms with Crippen LogP contribution in [0.25, 0.3) is 0 Å². The minimum atomic E-state index is -0.305. The van der Waals surface area contributed by atoms with E-state index in [1.807, 2.05) is 0 Å². The Balaban J connectivity index is 2.62. The highest BCUT2D eigenvalue weighted by molar-refractivity contribution is 6.34. The molecule has 0 spiro atoms. The molecule has 0 aliphatic carbocycles. The molecule has 0 radical (unpaired) electrons. The van der Waals surface area contributed by atoms with Crippen LogP contribution in [0.3, 0.4) is 0 Å². The van der Waals surface area contributed by atoms with Crippen LogP contribution >= 0.6 is 0 Å². The Kier molecular flexibility index (Phi) is 5.77. The summed E-state index contributed by atoms with van der Waals surface area (Å²) in [6.07, 6.45) is 10.2. The van der Waals surface area contributed by atoms with Crippen LogP contribution in [0.2, 0.25) is 0 Å². The number of allylic oxidation sites excluding steroid dienone is 5. The van der Waals surface area contributed by atoms with Crippen LogP contribution < -0.4 is 0 Å². The van der Waals surface area contributed by atoms with Crippen LogP contribution in [0.5, 0.6) is 0 Å². The van der Waals surface area contributed by atoms with Crippen molar-refractivity contribution in [3.63, 3.8) is 0 Å². The normalized spacial score (nSPS) is 20.4. The van der Waals surface area contributed by atoms with Crippen molar-refractivity contribution in [2.75, 3.05) is 0 Å². The molecule has 0 aromatic carbocycles. The molecule has 0 saturated heterocycles. The smallest absolute Gasteiger partial charge is 0.168 e. The van der Waals surface area contributed by atoms with Crippen molar-refractivity contribution < 1.29 is 13.9 Å². The quantitative estimate of drug-likeness (QED) is 0.426. The number of halogens is 1. The fourth-order valence-electron chi connectivity index (χ4n) is 1.24. The summed E-state index contributed by atoms with van der Waals surface area (Å²) in [6.45, 7) is 3.48. The van der Waals surface area contributed by atoms with Crippen LogP contribution in [-0.2, 0) is 9.53 Å². The van der Waals surface area contributed by atoms with Gasteiger partial charge in [-0.1, -0.05) is 6.92 Å². The van der Waals surface area contributed by atoms with Gasteiger partial charge < -0.3 is 4.74 Å². The SMILES string of the molecule is CC/C(F)=C\C=C(/C)OC1C=CN=C(C=O)C=C1. The third-order valence-corrected chi connectivity index (χ3v) is 2.24. The Labute approximate surface area is 106 Å². The molecule has 1 aliphatic heterocycles. The van der Waals surface area contributed by atoms with Gasteiger partial charge in [0.15, 0.2) is 6.29 Å². The van der Waals surface area contributed by atoms with E-state index in [9.17, 15) is 9.18 Å². The van der Waals surface area contributed by atoms with Crippen molar-refractivity contribution in [3.8, 4) is 0 Å². The largest absolute Gasteiger partial charge is 0.487 e. The molecule has 0 N–H and O–H groups in total. The van der Waals surface area contributed by atoms with Crippen molar-refractivity contribution in [2.24, 2.45) is 4.99 Å². The van der Waals surface area contributed by atoms with Crippen molar-refractivity contribution in [1.29, 1.82) is 0 Å². The molecule has 96 valence electrons. The minimum absolute atomic E-state index is 0.198. The highest BCUT2D eigenvalue weighted by Crippen LogP contribution is 2.09. The lowest BCUT2D eigenvalue weighted by Gasteiger charge is -2.10. The molecule has 3 nitrogen and oxygen atoms in total. The molecule has 0 bridgehead atoms. The monoisotopic (exact) mass is 249 g/mol. The molecule has 0 fully saturated rings. The number of hydrogen-bond donors (Lipinski definition) is 0. The van der Waals surface area contributed by atoms with E-state index < -0.39 is 0 Å². The van der Waals surface area contributed by atoms with Gasteiger partial charge in [0.2, 0.25) is 0 Å². The Morgan fingerprint density at radius 3 is 2.94 bits per heavy atom. The highest BCUT2D eigenvalue weighted by atomic mass is 19.1. The highest BCUT2D eigenvalue weighted by Gasteiger charge is 2.04. The number of rotatable bonds is 5. The fraction of sp³-hybridized carbons (Fsp3) is 0.286. The van der Waals surface area contributed by atoms with Crippen molar-refractivity contribution in [2.45, 2.75) is 26.4 Å². The second-order valence-electron chi connectivity index (χ2n) is 3.70. The molecule has 1 unspecified atom stereocenters. The second kappa shape index (κ2) is 7.37. The van der Waals surface area contributed by atoms with Gasteiger partial charge in [-0.05, 0) is 43.7 Å². The van der Waals surface area contributed by atoms with Gasteiger partial charge in [0.05, 0.1) is 11.6 Å². The summed E-state index contributed by atoms with van der Waals surface area (Å²) in [7, 11) is 0. The number of carbonyl (C=O) groups is 1. The third-order valence-electron chi connectivity index (χ3n) is 2.24. The second-order valence-corrected chi connectivity index (χ2v) is 3.70.